The van der Waals surface area contributed by atoms with Gasteiger partial charge in [-0.3, -0.25) is 0 Å². The lowest BCUT2D eigenvalue weighted by molar-refractivity contribution is 0.409. The average molecular weight is 380 g/mol. The van der Waals surface area contributed by atoms with Gasteiger partial charge in [-0.15, -0.1) is 0 Å². The summed E-state index contributed by atoms with van der Waals surface area (Å²) in [7, 11) is 0. The van der Waals surface area contributed by atoms with Crippen LogP contribution < -0.4 is 0 Å². The van der Waals surface area contributed by atoms with E-state index in [2.05, 4.69) is 31.9 Å². The van der Waals surface area contributed by atoms with Gasteiger partial charge >= 0.3 is 0 Å². The fraction of sp³-hybridized carbons (Fsp3) is 0. The van der Waals surface area contributed by atoms with Crippen molar-refractivity contribution in [2.75, 3.05) is 0 Å². The molecular weight excluding hydrogens is 368 g/mol. The Kier molecular flexibility index (Phi) is 5.43. The second-order valence-corrected chi connectivity index (χ2v) is 5.51. The van der Waals surface area contributed by atoms with Crippen LogP contribution in [0.4, 0.5) is 0 Å². The van der Waals surface area contributed by atoms with E-state index < -0.39 is 0 Å². The Bertz CT molecular complexity index is 521. The summed E-state index contributed by atoms with van der Waals surface area (Å²) in [4.78, 5) is 0. The minimum absolute atomic E-state index is 0.901. The van der Waals surface area contributed by atoms with Crippen LogP contribution in [0.25, 0.3) is 8.96 Å². The molecule has 0 unspecified atom stereocenters. The van der Waals surface area contributed by atoms with E-state index in [1.54, 1.807) is 12.5 Å². The molecular formula is C16H12Br2O. The van der Waals surface area contributed by atoms with Crippen LogP contribution >= 0.6 is 31.9 Å². The smallest absolute Gasteiger partial charge is 0.105 e. The summed E-state index contributed by atoms with van der Waals surface area (Å²) in [5, 5.41) is 0. The molecule has 3 heteroatoms. The van der Waals surface area contributed by atoms with Gasteiger partial charge in [-0.2, -0.15) is 0 Å². The predicted octanol–water partition coefficient (Wildman–Crippen LogP) is 5.79. The van der Waals surface area contributed by atoms with Gasteiger partial charge < -0.3 is 4.74 Å². The molecule has 0 saturated heterocycles. The minimum atomic E-state index is 0.901. The molecule has 0 radical (unpaired) electrons. The van der Waals surface area contributed by atoms with E-state index in [4.69, 9.17) is 4.74 Å². The van der Waals surface area contributed by atoms with Gasteiger partial charge in [-0.1, -0.05) is 60.7 Å². The van der Waals surface area contributed by atoms with Crippen LogP contribution in [0.3, 0.4) is 0 Å². The topological polar surface area (TPSA) is 9.23 Å². The first-order valence-corrected chi connectivity index (χ1v) is 7.33. The summed E-state index contributed by atoms with van der Waals surface area (Å²) in [5.41, 5.74) is 2.15. The van der Waals surface area contributed by atoms with Crippen LogP contribution in [0.2, 0.25) is 0 Å². The second kappa shape index (κ2) is 7.31. The van der Waals surface area contributed by atoms with Crippen molar-refractivity contribution in [2.24, 2.45) is 0 Å². The molecule has 0 saturated carbocycles. The van der Waals surface area contributed by atoms with E-state index in [0.29, 0.717) is 0 Å². The molecule has 0 aromatic heterocycles. The Morgan fingerprint density at radius 3 is 1.42 bits per heavy atom. The molecule has 0 aliphatic carbocycles. The van der Waals surface area contributed by atoms with Crippen LogP contribution in [-0.2, 0) is 4.74 Å². The SMILES string of the molecule is BrC(=COC=C(Br)c1ccccc1)c1ccccc1. The molecule has 0 fully saturated rings. The fourth-order valence-corrected chi connectivity index (χ4v) is 2.23. The number of halogens is 2. The summed E-state index contributed by atoms with van der Waals surface area (Å²) in [6.07, 6.45) is 3.33. The van der Waals surface area contributed by atoms with Crippen molar-refractivity contribution >= 4 is 40.8 Å². The molecule has 96 valence electrons. The lowest BCUT2D eigenvalue weighted by Gasteiger charge is -2.01. The first-order chi connectivity index (χ1) is 9.27. The minimum Gasteiger partial charge on any atom is -0.470 e. The van der Waals surface area contributed by atoms with Crippen molar-refractivity contribution in [1.82, 2.24) is 0 Å². The zero-order valence-corrected chi connectivity index (χ0v) is 13.3. The van der Waals surface area contributed by atoms with Crippen LogP contribution in [0.5, 0.6) is 0 Å². The molecule has 0 atom stereocenters. The summed E-state index contributed by atoms with van der Waals surface area (Å²) in [6, 6.07) is 20.0. The van der Waals surface area contributed by atoms with E-state index in [9.17, 15) is 0 Å². The second-order valence-electron chi connectivity index (χ2n) is 3.80. The molecule has 2 aromatic rings. The fourth-order valence-electron chi connectivity index (χ4n) is 1.48. The average Bonchev–Trinajstić information content (AvgIpc) is 2.49. The summed E-state index contributed by atoms with van der Waals surface area (Å²) >= 11 is 6.97. The molecule has 1 nitrogen and oxygen atoms in total. The van der Waals surface area contributed by atoms with E-state index in [-0.39, 0.29) is 0 Å². The third kappa shape index (κ3) is 4.37. The lowest BCUT2D eigenvalue weighted by atomic mass is 10.2. The maximum atomic E-state index is 5.45. The van der Waals surface area contributed by atoms with Gasteiger partial charge in [0.1, 0.15) is 12.5 Å². The molecule has 19 heavy (non-hydrogen) atoms. The Morgan fingerprint density at radius 1 is 0.684 bits per heavy atom. The highest BCUT2D eigenvalue weighted by molar-refractivity contribution is 9.15. The lowest BCUT2D eigenvalue weighted by Crippen LogP contribution is -1.78. The highest BCUT2D eigenvalue weighted by atomic mass is 79.9. The summed E-state index contributed by atoms with van der Waals surface area (Å²) in [5.74, 6) is 0. The normalized spacial score (nSPS) is 12.3. The predicted molar refractivity (Wildman–Crippen MR) is 87.8 cm³/mol. The van der Waals surface area contributed by atoms with E-state index >= 15 is 0 Å². The first kappa shape index (κ1) is 14.1. The maximum absolute atomic E-state index is 5.45. The largest absolute Gasteiger partial charge is 0.470 e. The van der Waals surface area contributed by atoms with Crippen molar-refractivity contribution in [3.63, 3.8) is 0 Å². The molecule has 0 spiro atoms. The van der Waals surface area contributed by atoms with E-state index in [1.165, 1.54) is 0 Å². The molecule has 0 aliphatic heterocycles. The molecule has 2 rings (SSSR count). The van der Waals surface area contributed by atoms with Crippen LogP contribution in [-0.4, -0.2) is 0 Å². The number of hydrogen-bond donors (Lipinski definition) is 0. The summed E-state index contributed by atoms with van der Waals surface area (Å²) in [6.45, 7) is 0. The third-order valence-corrected chi connectivity index (χ3v) is 3.73. The van der Waals surface area contributed by atoms with Crippen LogP contribution in [0, 0.1) is 0 Å². The Morgan fingerprint density at radius 2 is 1.05 bits per heavy atom. The van der Waals surface area contributed by atoms with Gasteiger partial charge in [-0.05, 0) is 43.0 Å². The molecule has 0 N–H and O–H groups in total. The van der Waals surface area contributed by atoms with Crippen molar-refractivity contribution in [3.8, 4) is 0 Å². The zero-order chi connectivity index (χ0) is 13.5. The van der Waals surface area contributed by atoms with Gasteiger partial charge in [0, 0.05) is 0 Å². The molecule has 2 aromatic carbocycles. The Labute approximate surface area is 129 Å². The Hall–Kier alpha value is -1.32. The highest BCUT2D eigenvalue weighted by Gasteiger charge is 1.97. The third-order valence-electron chi connectivity index (χ3n) is 2.44. The standard InChI is InChI=1S/C16H12Br2O/c17-15(13-7-3-1-4-8-13)11-19-12-16(18)14-9-5-2-6-10-14/h1-12H. The number of hydrogen-bond acceptors (Lipinski definition) is 1. The number of rotatable bonds is 4. The monoisotopic (exact) mass is 378 g/mol. The van der Waals surface area contributed by atoms with Gasteiger partial charge in [0.2, 0.25) is 0 Å². The highest BCUT2D eigenvalue weighted by Crippen LogP contribution is 2.23. The molecule has 0 heterocycles. The van der Waals surface area contributed by atoms with Gasteiger partial charge in [0.05, 0.1) is 8.96 Å². The van der Waals surface area contributed by atoms with Crippen molar-refractivity contribution in [2.45, 2.75) is 0 Å². The van der Waals surface area contributed by atoms with E-state index in [1.807, 2.05) is 60.7 Å². The van der Waals surface area contributed by atoms with Crippen LogP contribution in [0.15, 0.2) is 73.2 Å². The molecule has 0 amide bonds. The maximum Gasteiger partial charge on any atom is 0.105 e. The first-order valence-electron chi connectivity index (χ1n) is 5.75. The van der Waals surface area contributed by atoms with Crippen LogP contribution in [0.1, 0.15) is 11.1 Å². The quantitative estimate of drug-likeness (QED) is 0.611. The zero-order valence-electron chi connectivity index (χ0n) is 10.1. The van der Waals surface area contributed by atoms with Gasteiger partial charge in [-0.25, -0.2) is 0 Å². The Balaban J connectivity index is 2.03. The van der Waals surface area contributed by atoms with Crippen molar-refractivity contribution in [1.29, 1.82) is 0 Å². The summed E-state index contributed by atoms with van der Waals surface area (Å²) < 4.78 is 7.25. The van der Waals surface area contributed by atoms with Crippen molar-refractivity contribution < 1.29 is 4.74 Å². The van der Waals surface area contributed by atoms with E-state index in [0.717, 1.165) is 20.1 Å². The number of benzene rings is 2. The number of ether oxygens (including phenoxy) is 1. The molecule has 0 aliphatic rings. The van der Waals surface area contributed by atoms with Gasteiger partial charge in [0.15, 0.2) is 0 Å². The van der Waals surface area contributed by atoms with Gasteiger partial charge in [0.25, 0.3) is 0 Å². The van der Waals surface area contributed by atoms with Crippen molar-refractivity contribution in [3.05, 3.63) is 84.3 Å². The molecule has 0 bridgehead atoms.